The van der Waals surface area contributed by atoms with Crippen molar-refractivity contribution in [3.8, 4) is 5.75 Å². The molecule has 0 saturated carbocycles. The summed E-state index contributed by atoms with van der Waals surface area (Å²) < 4.78 is 10.2. The van der Waals surface area contributed by atoms with Gasteiger partial charge in [0.15, 0.2) is 6.10 Å². The Labute approximate surface area is 108 Å². The molecular formula is C14H21NO3. The summed E-state index contributed by atoms with van der Waals surface area (Å²) in [5.41, 5.74) is 1.09. The van der Waals surface area contributed by atoms with Gasteiger partial charge in [0.1, 0.15) is 5.75 Å². The smallest absolute Gasteiger partial charge is 0.346 e. The fourth-order valence-electron chi connectivity index (χ4n) is 1.76. The number of carbonyl (C=O) groups is 1. The van der Waals surface area contributed by atoms with Crippen molar-refractivity contribution in [3.63, 3.8) is 0 Å². The number of rotatable bonds is 6. The maximum absolute atomic E-state index is 11.3. The molecule has 18 heavy (non-hydrogen) atoms. The van der Waals surface area contributed by atoms with Gasteiger partial charge in [0, 0.05) is 24.8 Å². The second-order valence-electron chi connectivity index (χ2n) is 3.95. The van der Waals surface area contributed by atoms with Crippen molar-refractivity contribution in [2.45, 2.75) is 26.9 Å². The maximum Gasteiger partial charge on any atom is 0.346 e. The normalized spacial score (nSPS) is 11.8. The number of hydrogen-bond acceptors (Lipinski definition) is 4. The molecule has 0 radical (unpaired) electrons. The third-order valence-electron chi connectivity index (χ3n) is 2.79. The summed E-state index contributed by atoms with van der Waals surface area (Å²) in [4.78, 5) is 13.5. The SMILES string of the molecule is CCN(CC)c1cccc(OC(C)C(=O)OC)c1. The van der Waals surface area contributed by atoms with Crippen LogP contribution in [-0.2, 0) is 9.53 Å². The van der Waals surface area contributed by atoms with Gasteiger partial charge >= 0.3 is 5.97 Å². The molecule has 0 aromatic heterocycles. The molecule has 0 amide bonds. The molecule has 1 aromatic rings. The van der Waals surface area contributed by atoms with E-state index in [1.54, 1.807) is 6.92 Å². The van der Waals surface area contributed by atoms with Gasteiger partial charge in [-0.1, -0.05) is 6.07 Å². The van der Waals surface area contributed by atoms with Crippen LogP contribution in [0.25, 0.3) is 0 Å². The first-order valence-electron chi connectivity index (χ1n) is 6.21. The first kappa shape index (κ1) is 14.4. The Morgan fingerprint density at radius 1 is 1.33 bits per heavy atom. The van der Waals surface area contributed by atoms with Crippen LogP contribution in [0.15, 0.2) is 24.3 Å². The van der Waals surface area contributed by atoms with Gasteiger partial charge in [-0.3, -0.25) is 0 Å². The zero-order valence-corrected chi connectivity index (χ0v) is 11.5. The Morgan fingerprint density at radius 2 is 2.00 bits per heavy atom. The van der Waals surface area contributed by atoms with Crippen LogP contribution < -0.4 is 9.64 Å². The lowest BCUT2D eigenvalue weighted by molar-refractivity contribution is -0.147. The number of nitrogens with zero attached hydrogens (tertiary/aromatic N) is 1. The fraction of sp³-hybridized carbons (Fsp3) is 0.500. The molecule has 4 nitrogen and oxygen atoms in total. The minimum Gasteiger partial charge on any atom is -0.479 e. The van der Waals surface area contributed by atoms with E-state index in [4.69, 9.17) is 4.74 Å². The summed E-state index contributed by atoms with van der Waals surface area (Å²) >= 11 is 0. The highest BCUT2D eigenvalue weighted by Gasteiger charge is 2.15. The van der Waals surface area contributed by atoms with Crippen molar-refractivity contribution >= 4 is 11.7 Å². The Balaban J connectivity index is 2.79. The van der Waals surface area contributed by atoms with Crippen molar-refractivity contribution in [2.75, 3.05) is 25.1 Å². The summed E-state index contributed by atoms with van der Waals surface area (Å²) in [5, 5.41) is 0. The maximum atomic E-state index is 11.3. The predicted molar refractivity (Wildman–Crippen MR) is 72.1 cm³/mol. The van der Waals surface area contributed by atoms with Gasteiger partial charge in [0.05, 0.1) is 7.11 Å². The molecule has 1 rings (SSSR count). The second-order valence-corrected chi connectivity index (χ2v) is 3.95. The highest BCUT2D eigenvalue weighted by Crippen LogP contribution is 2.22. The highest BCUT2D eigenvalue weighted by atomic mass is 16.6. The molecule has 100 valence electrons. The van der Waals surface area contributed by atoms with E-state index in [0.717, 1.165) is 18.8 Å². The molecule has 0 saturated heterocycles. The zero-order chi connectivity index (χ0) is 13.5. The van der Waals surface area contributed by atoms with Crippen LogP contribution in [-0.4, -0.2) is 32.3 Å². The molecule has 0 aliphatic heterocycles. The summed E-state index contributed by atoms with van der Waals surface area (Å²) in [7, 11) is 1.36. The molecule has 0 N–H and O–H groups in total. The molecule has 1 unspecified atom stereocenters. The van der Waals surface area contributed by atoms with E-state index in [1.807, 2.05) is 24.3 Å². The average molecular weight is 251 g/mol. The monoisotopic (exact) mass is 251 g/mol. The van der Waals surface area contributed by atoms with Crippen LogP contribution >= 0.6 is 0 Å². The second kappa shape index (κ2) is 6.89. The van der Waals surface area contributed by atoms with Gasteiger partial charge in [0.2, 0.25) is 0 Å². The number of ether oxygens (including phenoxy) is 2. The Bertz CT molecular complexity index is 388. The Morgan fingerprint density at radius 3 is 2.56 bits per heavy atom. The van der Waals surface area contributed by atoms with E-state index in [9.17, 15) is 4.79 Å². The minimum absolute atomic E-state index is 0.372. The van der Waals surface area contributed by atoms with Crippen molar-refractivity contribution in [3.05, 3.63) is 24.3 Å². The molecule has 0 spiro atoms. The van der Waals surface area contributed by atoms with Gasteiger partial charge in [-0.2, -0.15) is 0 Å². The Kier molecular flexibility index (Phi) is 5.49. The molecule has 0 heterocycles. The minimum atomic E-state index is -0.595. The molecule has 0 bridgehead atoms. The van der Waals surface area contributed by atoms with E-state index in [-0.39, 0.29) is 5.97 Å². The highest BCUT2D eigenvalue weighted by molar-refractivity contribution is 5.74. The molecule has 0 fully saturated rings. The fourth-order valence-corrected chi connectivity index (χ4v) is 1.76. The molecule has 4 heteroatoms. The van der Waals surface area contributed by atoms with Crippen LogP contribution in [0.3, 0.4) is 0 Å². The third-order valence-corrected chi connectivity index (χ3v) is 2.79. The van der Waals surface area contributed by atoms with E-state index >= 15 is 0 Å². The summed E-state index contributed by atoms with van der Waals surface area (Å²) in [6.07, 6.45) is -0.595. The quantitative estimate of drug-likeness (QED) is 0.728. The van der Waals surface area contributed by atoms with Gasteiger partial charge in [-0.05, 0) is 32.9 Å². The van der Waals surface area contributed by atoms with Crippen LogP contribution in [0.5, 0.6) is 5.75 Å². The molecule has 1 atom stereocenters. The summed E-state index contributed by atoms with van der Waals surface area (Å²) in [6.45, 7) is 7.76. The van der Waals surface area contributed by atoms with Crippen molar-refractivity contribution < 1.29 is 14.3 Å². The summed E-state index contributed by atoms with van der Waals surface area (Å²) in [6, 6.07) is 7.73. The lowest BCUT2D eigenvalue weighted by Gasteiger charge is -2.22. The van der Waals surface area contributed by atoms with Crippen molar-refractivity contribution in [1.29, 1.82) is 0 Å². The van der Waals surface area contributed by atoms with Crippen molar-refractivity contribution in [1.82, 2.24) is 0 Å². The zero-order valence-electron chi connectivity index (χ0n) is 11.5. The molecule has 1 aromatic carbocycles. The van der Waals surface area contributed by atoms with E-state index in [2.05, 4.69) is 23.5 Å². The Hall–Kier alpha value is -1.71. The average Bonchev–Trinajstić information content (AvgIpc) is 2.39. The van der Waals surface area contributed by atoms with E-state index in [0.29, 0.717) is 5.75 Å². The largest absolute Gasteiger partial charge is 0.479 e. The topological polar surface area (TPSA) is 38.8 Å². The van der Waals surface area contributed by atoms with Crippen LogP contribution in [0.1, 0.15) is 20.8 Å². The number of methoxy groups -OCH3 is 1. The number of carbonyl (C=O) groups excluding carboxylic acids is 1. The number of benzene rings is 1. The predicted octanol–water partition coefficient (Wildman–Crippen LogP) is 2.47. The van der Waals surface area contributed by atoms with Gasteiger partial charge in [-0.25, -0.2) is 4.79 Å². The number of hydrogen-bond donors (Lipinski definition) is 0. The van der Waals surface area contributed by atoms with Crippen molar-refractivity contribution in [2.24, 2.45) is 0 Å². The lowest BCUT2D eigenvalue weighted by Crippen LogP contribution is -2.25. The third kappa shape index (κ3) is 3.65. The van der Waals surface area contributed by atoms with Crippen LogP contribution in [0.2, 0.25) is 0 Å². The molecular weight excluding hydrogens is 230 g/mol. The summed E-state index contributed by atoms with van der Waals surface area (Å²) in [5.74, 6) is 0.306. The van der Waals surface area contributed by atoms with E-state index < -0.39 is 6.10 Å². The van der Waals surface area contributed by atoms with Crippen LogP contribution in [0.4, 0.5) is 5.69 Å². The lowest BCUT2D eigenvalue weighted by atomic mass is 10.2. The molecule has 0 aliphatic rings. The first-order chi connectivity index (χ1) is 8.62. The first-order valence-corrected chi connectivity index (χ1v) is 6.21. The molecule has 0 aliphatic carbocycles. The number of anilines is 1. The van der Waals surface area contributed by atoms with Crippen LogP contribution in [0, 0.1) is 0 Å². The standard InChI is InChI=1S/C14H21NO3/c1-5-15(6-2)12-8-7-9-13(10-12)18-11(3)14(16)17-4/h7-11H,5-6H2,1-4H3. The number of esters is 1. The van der Waals surface area contributed by atoms with E-state index in [1.165, 1.54) is 7.11 Å². The van der Waals surface area contributed by atoms with Gasteiger partial charge < -0.3 is 14.4 Å². The van der Waals surface area contributed by atoms with Gasteiger partial charge in [-0.15, -0.1) is 0 Å². The van der Waals surface area contributed by atoms with Gasteiger partial charge in [0.25, 0.3) is 0 Å².